The van der Waals surface area contributed by atoms with Gasteiger partial charge in [0.25, 0.3) is 5.56 Å². The molecule has 5 heteroatoms. The van der Waals surface area contributed by atoms with E-state index >= 15 is 0 Å². The summed E-state index contributed by atoms with van der Waals surface area (Å²) in [6, 6.07) is 1.91. The highest BCUT2D eigenvalue weighted by atomic mass is 32.1. The van der Waals surface area contributed by atoms with E-state index in [1.807, 2.05) is 13.0 Å². The third-order valence-corrected chi connectivity index (χ3v) is 3.05. The topological polar surface area (TPSA) is 50.7 Å². The molecular weight excluding hydrogens is 234 g/mol. The SMILES string of the molecule is C=CCc1cc(C)c2c(=O)n(C)c(=S)[nH]c2n1. The highest BCUT2D eigenvalue weighted by molar-refractivity contribution is 7.71. The maximum absolute atomic E-state index is 12.1. The minimum Gasteiger partial charge on any atom is -0.316 e. The molecule has 0 aliphatic rings. The van der Waals surface area contributed by atoms with Gasteiger partial charge in [-0.15, -0.1) is 6.58 Å². The lowest BCUT2D eigenvalue weighted by Crippen LogP contribution is -2.20. The molecule has 17 heavy (non-hydrogen) atoms. The van der Waals surface area contributed by atoms with Crippen LogP contribution >= 0.6 is 12.2 Å². The van der Waals surface area contributed by atoms with Gasteiger partial charge in [-0.1, -0.05) is 6.08 Å². The van der Waals surface area contributed by atoms with Gasteiger partial charge in [0, 0.05) is 19.2 Å². The number of aryl methyl sites for hydroxylation is 1. The fraction of sp³-hybridized carbons (Fsp3) is 0.250. The molecule has 0 saturated heterocycles. The van der Waals surface area contributed by atoms with Gasteiger partial charge in [-0.25, -0.2) is 4.98 Å². The van der Waals surface area contributed by atoms with E-state index in [0.29, 0.717) is 22.2 Å². The summed E-state index contributed by atoms with van der Waals surface area (Å²) in [5.41, 5.74) is 2.22. The molecule has 0 aliphatic carbocycles. The molecule has 0 spiro atoms. The van der Waals surface area contributed by atoms with Crippen molar-refractivity contribution in [2.24, 2.45) is 7.05 Å². The van der Waals surface area contributed by atoms with Crippen molar-refractivity contribution < 1.29 is 0 Å². The second kappa shape index (κ2) is 4.25. The molecular formula is C12H13N3OS. The average molecular weight is 247 g/mol. The fourth-order valence-electron chi connectivity index (χ4n) is 1.80. The molecule has 2 heterocycles. The highest BCUT2D eigenvalue weighted by Gasteiger charge is 2.08. The second-order valence-electron chi connectivity index (χ2n) is 3.94. The molecule has 0 radical (unpaired) electrons. The number of fused-ring (bicyclic) bond motifs is 1. The summed E-state index contributed by atoms with van der Waals surface area (Å²) in [4.78, 5) is 19.4. The summed E-state index contributed by atoms with van der Waals surface area (Å²) in [6.45, 7) is 5.58. The van der Waals surface area contributed by atoms with E-state index in [4.69, 9.17) is 12.2 Å². The predicted molar refractivity (Wildman–Crippen MR) is 70.8 cm³/mol. The standard InChI is InChI=1S/C12H13N3OS/c1-4-5-8-6-7(2)9-10(13-8)14-12(17)15(3)11(9)16/h4,6H,1,5H2,2-3H3,(H,13,14,17). The van der Waals surface area contributed by atoms with Gasteiger partial charge in [0.2, 0.25) is 0 Å². The minimum absolute atomic E-state index is 0.112. The monoisotopic (exact) mass is 247 g/mol. The van der Waals surface area contributed by atoms with Crippen LogP contribution < -0.4 is 5.56 Å². The number of allylic oxidation sites excluding steroid dienone is 1. The van der Waals surface area contributed by atoms with Crippen LogP contribution in [0.1, 0.15) is 11.3 Å². The van der Waals surface area contributed by atoms with Gasteiger partial charge in [0.1, 0.15) is 5.65 Å². The molecule has 2 rings (SSSR count). The van der Waals surface area contributed by atoms with Crippen molar-refractivity contribution >= 4 is 23.3 Å². The van der Waals surface area contributed by atoms with Crippen molar-refractivity contribution in [2.45, 2.75) is 13.3 Å². The normalized spacial score (nSPS) is 10.7. The summed E-state index contributed by atoms with van der Waals surface area (Å²) in [5.74, 6) is 0. The van der Waals surface area contributed by atoms with Crippen LogP contribution in [-0.2, 0) is 13.5 Å². The van der Waals surface area contributed by atoms with E-state index in [9.17, 15) is 4.79 Å². The Labute approximate surface area is 104 Å². The lowest BCUT2D eigenvalue weighted by atomic mass is 10.1. The van der Waals surface area contributed by atoms with Gasteiger partial charge < -0.3 is 4.98 Å². The summed E-state index contributed by atoms with van der Waals surface area (Å²) in [5, 5.41) is 0.592. The van der Waals surface area contributed by atoms with E-state index < -0.39 is 0 Å². The predicted octanol–water partition coefficient (Wildman–Crippen LogP) is 2.03. The van der Waals surface area contributed by atoms with Gasteiger partial charge in [0.15, 0.2) is 4.77 Å². The number of nitrogens with zero attached hydrogens (tertiary/aromatic N) is 2. The van der Waals surface area contributed by atoms with Crippen LogP contribution in [0.2, 0.25) is 0 Å². The number of nitrogens with one attached hydrogen (secondary N) is 1. The Morgan fingerprint density at radius 3 is 3.00 bits per heavy atom. The van der Waals surface area contributed by atoms with E-state index in [1.54, 1.807) is 13.1 Å². The van der Waals surface area contributed by atoms with Crippen LogP contribution in [0.15, 0.2) is 23.5 Å². The molecule has 4 nitrogen and oxygen atoms in total. The van der Waals surface area contributed by atoms with Crippen LogP contribution in [0.25, 0.3) is 11.0 Å². The Morgan fingerprint density at radius 2 is 2.35 bits per heavy atom. The Morgan fingerprint density at radius 1 is 1.65 bits per heavy atom. The van der Waals surface area contributed by atoms with Crippen molar-refractivity contribution in [1.29, 1.82) is 0 Å². The summed E-state index contributed by atoms with van der Waals surface area (Å²) >= 11 is 5.07. The van der Waals surface area contributed by atoms with Gasteiger partial charge in [-0.05, 0) is 30.8 Å². The van der Waals surface area contributed by atoms with Crippen LogP contribution in [-0.4, -0.2) is 14.5 Å². The molecule has 0 fully saturated rings. The van der Waals surface area contributed by atoms with Gasteiger partial charge in [-0.3, -0.25) is 9.36 Å². The highest BCUT2D eigenvalue weighted by Crippen LogP contribution is 2.12. The lowest BCUT2D eigenvalue weighted by Gasteiger charge is -2.06. The van der Waals surface area contributed by atoms with E-state index in [-0.39, 0.29) is 5.56 Å². The molecule has 0 atom stereocenters. The maximum Gasteiger partial charge on any atom is 0.263 e. The Hall–Kier alpha value is -1.75. The summed E-state index contributed by atoms with van der Waals surface area (Å²) < 4.78 is 1.80. The van der Waals surface area contributed by atoms with Crippen LogP contribution in [0, 0.1) is 11.7 Å². The number of rotatable bonds is 2. The third-order valence-electron chi connectivity index (χ3n) is 2.67. The van der Waals surface area contributed by atoms with Crippen molar-refractivity contribution in [1.82, 2.24) is 14.5 Å². The number of aromatic nitrogens is 3. The molecule has 0 saturated carbocycles. The number of pyridine rings is 1. The van der Waals surface area contributed by atoms with Gasteiger partial charge in [0.05, 0.1) is 5.39 Å². The van der Waals surface area contributed by atoms with Crippen molar-refractivity contribution in [3.05, 3.63) is 45.1 Å². The van der Waals surface area contributed by atoms with E-state index in [2.05, 4.69) is 16.5 Å². The fourth-order valence-corrected chi connectivity index (χ4v) is 1.98. The molecule has 0 amide bonds. The first-order valence-electron chi connectivity index (χ1n) is 5.25. The second-order valence-corrected chi connectivity index (χ2v) is 4.33. The minimum atomic E-state index is -0.112. The van der Waals surface area contributed by atoms with Crippen molar-refractivity contribution in [3.8, 4) is 0 Å². The molecule has 88 valence electrons. The van der Waals surface area contributed by atoms with Crippen LogP contribution in [0.5, 0.6) is 0 Å². The van der Waals surface area contributed by atoms with E-state index in [1.165, 1.54) is 4.57 Å². The zero-order valence-corrected chi connectivity index (χ0v) is 10.6. The largest absolute Gasteiger partial charge is 0.316 e. The first-order chi connectivity index (χ1) is 8.04. The zero-order valence-electron chi connectivity index (χ0n) is 9.78. The molecule has 2 aromatic heterocycles. The smallest absolute Gasteiger partial charge is 0.263 e. The summed E-state index contributed by atoms with van der Waals surface area (Å²) in [6.07, 6.45) is 2.45. The van der Waals surface area contributed by atoms with Gasteiger partial charge in [-0.2, -0.15) is 0 Å². The van der Waals surface area contributed by atoms with E-state index in [0.717, 1.165) is 11.3 Å². The first-order valence-corrected chi connectivity index (χ1v) is 5.66. The van der Waals surface area contributed by atoms with Crippen molar-refractivity contribution in [3.63, 3.8) is 0 Å². The molecule has 2 aromatic rings. The molecule has 0 aromatic carbocycles. The zero-order chi connectivity index (χ0) is 12.6. The summed E-state index contributed by atoms with van der Waals surface area (Å²) in [7, 11) is 1.65. The Balaban J connectivity index is 2.91. The Kier molecular flexibility index (Phi) is 2.93. The molecule has 0 aliphatic heterocycles. The molecule has 0 unspecified atom stereocenters. The number of hydrogen-bond donors (Lipinski definition) is 1. The lowest BCUT2D eigenvalue weighted by molar-refractivity contribution is 0.819. The maximum atomic E-state index is 12.1. The van der Waals surface area contributed by atoms with Crippen molar-refractivity contribution in [2.75, 3.05) is 0 Å². The number of H-pyrrole nitrogens is 1. The molecule has 0 bridgehead atoms. The number of aromatic amines is 1. The average Bonchev–Trinajstić information content (AvgIpc) is 2.25. The molecule has 1 N–H and O–H groups in total. The van der Waals surface area contributed by atoms with Gasteiger partial charge >= 0.3 is 0 Å². The quantitative estimate of drug-likeness (QED) is 0.652. The number of hydrogen-bond acceptors (Lipinski definition) is 3. The van der Waals surface area contributed by atoms with Crippen LogP contribution in [0.4, 0.5) is 0 Å². The third kappa shape index (κ3) is 1.93. The Bertz CT molecular complexity index is 712. The first kappa shape index (κ1) is 11.7. The van der Waals surface area contributed by atoms with Crippen LogP contribution in [0.3, 0.4) is 0 Å².